The van der Waals surface area contributed by atoms with Crippen molar-refractivity contribution in [1.29, 1.82) is 0 Å². The summed E-state index contributed by atoms with van der Waals surface area (Å²) in [7, 11) is 0. The molecule has 1 fully saturated rings. The number of imide groups is 1. The molecule has 2 aliphatic heterocycles. The van der Waals surface area contributed by atoms with Gasteiger partial charge in [-0.25, -0.2) is 0 Å². The number of carbonyl (C=O) groups excluding carboxylic acids is 2. The fourth-order valence-electron chi connectivity index (χ4n) is 4.52. The van der Waals surface area contributed by atoms with Crippen molar-refractivity contribution in [3.05, 3.63) is 76.5 Å². The molecule has 32 heavy (non-hydrogen) atoms. The average Bonchev–Trinajstić information content (AvgIpc) is 3.01. The Morgan fingerprint density at radius 1 is 0.844 bits per heavy atom. The van der Waals surface area contributed by atoms with Gasteiger partial charge in [0.25, 0.3) is 11.8 Å². The second kappa shape index (κ2) is 9.29. The first-order valence-electron chi connectivity index (χ1n) is 11.5. The van der Waals surface area contributed by atoms with Crippen molar-refractivity contribution in [3.8, 4) is 0 Å². The largest absolute Gasteiger partial charge is 0.364 e. The van der Waals surface area contributed by atoms with Crippen molar-refractivity contribution in [2.75, 3.05) is 32.7 Å². The highest BCUT2D eigenvalue weighted by Crippen LogP contribution is 2.33. The van der Waals surface area contributed by atoms with E-state index in [0.717, 1.165) is 43.9 Å². The van der Waals surface area contributed by atoms with Crippen LogP contribution < -0.4 is 0 Å². The molecule has 168 valence electrons. The Balaban J connectivity index is 1.60. The predicted molar refractivity (Wildman–Crippen MR) is 128 cm³/mol. The first kappa shape index (κ1) is 22.3. The van der Waals surface area contributed by atoms with Gasteiger partial charge in [0.1, 0.15) is 5.70 Å². The Kier molecular flexibility index (Phi) is 6.47. The lowest BCUT2D eigenvalue weighted by Gasteiger charge is -2.36. The molecule has 0 radical (unpaired) electrons. The molecule has 0 N–H and O–H groups in total. The number of rotatable bonds is 6. The normalized spacial score (nSPS) is 17.8. The molecule has 1 saturated heterocycles. The number of benzene rings is 2. The molecule has 5 heteroatoms. The van der Waals surface area contributed by atoms with Crippen molar-refractivity contribution < 1.29 is 9.59 Å². The molecule has 4 rings (SSSR count). The number of aryl methyl sites for hydroxylation is 2. The Morgan fingerprint density at radius 3 is 2.16 bits per heavy atom. The molecule has 2 amide bonds. The zero-order valence-corrected chi connectivity index (χ0v) is 19.6. The van der Waals surface area contributed by atoms with Gasteiger partial charge in [-0.1, -0.05) is 62.4 Å². The summed E-state index contributed by atoms with van der Waals surface area (Å²) in [6.45, 7) is 12.8. The smallest absolute Gasteiger partial charge is 0.277 e. The van der Waals surface area contributed by atoms with Crippen LogP contribution in [0, 0.1) is 19.8 Å². The lowest BCUT2D eigenvalue weighted by atomic mass is 9.99. The maximum atomic E-state index is 13.5. The maximum Gasteiger partial charge on any atom is 0.277 e. The van der Waals surface area contributed by atoms with Crippen molar-refractivity contribution in [3.63, 3.8) is 0 Å². The molecule has 2 heterocycles. The van der Waals surface area contributed by atoms with Gasteiger partial charge in [-0.05, 0) is 42.0 Å². The molecule has 2 aliphatic rings. The molecule has 0 spiro atoms. The van der Waals surface area contributed by atoms with Gasteiger partial charge in [-0.3, -0.25) is 19.4 Å². The SMILES string of the molecule is Cc1ccc(C2=C(N3CCN(Cc4ccccc4)CC3)C(=O)N(CC(C)C)C2=O)cc1C. The molecule has 0 aromatic heterocycles. The summed E-state index contributed by atoms with van der Waals surface area (Å²) in [4.78, 5) is 32.9. The van der Waals surface area contributed by atoms with Crippen LogP contribution in [-0.4, -0.2) is 59.2 Å². The highest BCUT2D eigenvalue weighted by molar-refractivity contribution is 6.35. The van der Waals surface area contributed by atoms with E-state index in [1.807, 2.05) is 38.1 Å². The molecule has 2 aromatic rings. The molecule has 0 atom stereocenters. The highest BCUT2D eigenvalue weighted by Gasteiger charge is 2.42. The van der Waals surface area contributed by atoms with Gasteiger partial charge in [-0.15, -0.1) is 0 Å². The fourth-order valence-corrected chi connectivity index (χ4v) is 4.52. The predicted octanol–water partition coefficient (Wildman–Crippen LogP) is 3.86. The lowest BCUT2D eigenvalue weighted by Crippen LogP contribution is -2.47. The first-order chi connectivity index (χ1) is 15.3. The van der Waals surface area contributed by atoms with Crippen molar-refractivity contribution >= 4 is 17.4 Å². The third kappa shape index (κ3) is 4.49. The molecular formula is C27H33N3O2. The van der Waals surface area contributed by atoms with E-state index >= 15 is 0 Å². The van der Waals surface area contributed by atoms with Crippen molar-refractivity contribution in [2.24, 2.45) is 5.92 Å². The van der Waals surface area contributed by atoms with E-state index in [1.165, 1.54) is 16.0 Å². The Morgan fingerprint density at radius 2 is 1.53 bits per heavy atom. The van der Waals surface area contributed by atoms with Gasteiger partial charge in [0.05, 0.1) is 5.57 Å². The van der Waals surface area contributed by atoms with Crippen LogP contribution in [-0.2, 0) is 16.1 Å². The highest BCUT2D eigenvalue weighted by atomic mass is 16.2. The van der Waals surface area contributed by atoms with Crippen molar-refractivity contribution in [2.45, 2.75) is 34.2 Å². The van der Waals surface area contributed by atoms with E-state index in [2.05, 4.69) is 47.9 Å². The number of piperazine rings is 1. The summed E-state index contributed by atoms with van der Waals surface area (Å²) < 4.78 is 0. The van der Waals surface area contributed by atoms with Gasteiger partial charge in [0.15, 0.2) is 0 Å². The third-order valence-electron chi connectivity index (χ3n) is 6.42. The second-order valence-electron chi connectivity index (χ2n) is 9.39. The molecule has 0 saturated carbocycles. The van der Waals surface area contributed by atoms with Gasteiger partial charge in [-0.2, -0.15) is 0 Å². The topological polar surface area (TPSA) is 43.9 Å². The van der Waals surface area contributed by atoms with Crippen molar-refractivity contribution in [1.82, 2.24) is 14.7 Å². The quantitative estimate of drug-likeness (QED) is 0.652. The standard InChI is InChI=1S/C27H33N3O2/c1-19(2)17-30-26(31)24(23-11-10-20(3)21(4)16-23)25(27(30)32)29-14-12-28(13-15-29)18-22-8-6-5-7-9-22/h5-11,16,19H,12-15,17-18H2,1-4H3. The molecule has 0 unspecified atom stereocenters. The minimum absolute atomic E-state index is 0.145. The number of hydrogen-bond acceptors (Lipinski definition) is 4. The van der Waals surface area contributed by atoms with Crippen LogP contribution in [0.3, 0.4) is 0 Å². The number of carbonyl (C=O) groups is 2. The molecule has 0 aliphatic carbocycles. The van der Waals surface area contributed by atoms with Crippen LogP contribution in [0.4, 0.5) is 0 Å². The zero-order chi connectivity index (χ0) is 22.8. The van der Waals surface area contributed by atoms with Crippen LogP contribution in [0.15, 0.2) is 54.2 Å². The fraction of sp³-hybridized carbons (Fsp3) is 0.407. The molecular weight excluding hydrogens is 398 g/mol. The minimum atomic E-state index is -0.159. The second-order valence-corrected chi connectivity index (χ2v) is 9.39. The van der Waals surface area contributed by atoms with Gasteiger partial charge in [0.2, 0.25) is 0 Å². The van der Waals surface area contributed by atoms with E-state index in [4.69, 9.17) is 0 Å². The number of amides is 2. The Hall–Kier alpha value is -2.92. The molecule has 2 aromatic carbocycles. The number of nitrogens with zero attached hydrogens (tertiary/aromatic N) is 3. The summed E-state index contributed by atoms with van der Waals surface area (Å²) >= 11 is 0. The zero-order valence-electron chi connectivity index (χ0n) is 19.6. The lowest BCUT2D eigenvalue weighted by molar-refractivity contribution is -0.138. The van der Waals surface area contributed by atoms with Gasteiger partial charge >= 0.3 is 0 Å². The summed E-state index contributed by atoms with van der Waals surface area (Å²) in [6.07, 6.45) is 0. The summed E-state index contributed by atoms with van der Waals surface area (Å²) in [5.41, 5.74) is 5.60. The summed E-state index contributed by atoms with van der Waals surface area (Å²) in [5, 5.41) is 0. The molecule has 5 nitrogen and oxygen atoms in total. The Labute approximate surface area is 191 Å². The van der Waals surface area contributed by atoms with Crippen LogP contribution in [0.1, 0.15) is 36.1 Å². The van der Waals surface area contributed by atoms with Gasteiger partial charge < -0.3 is 4.90 Å². The third-order valence-corrected chi connectivity index (χ3v) is 6.42. The van der Waals surface area contributed by atoms with Gasteiger partial charge in [0, 0.05) is 39.3 Å². The van der Waals surface area contributed by atoms with E-state index in [-0.39, 0.29) is 17.7 Å². The summed E-state index contributed by atoms with van der Waals surface area (Å²) in [6, 6.07) is 16.5. The average molecular weight is 432 g/mol. The van der Waals surface area contributed by atoms with Crippen LogP contribution in [0.2, 0.25) is 0 Å². The van der Waals surface area contributed by atoms with E-state index in [1.54, 1.807) is 0 Å². The van der Waals surface area contributed by atoms with Crippen LogP contribution in [0.25, 0.3) is 5.57 Å². The van der Waals surface area contributed by atoms with Crippen LogP contribution in [0.5, 0.6) is 0 Å². The first-order valence-corrected chi connectivity index (χ1v) is 11.5. The van der Waals surface area contributed by atoms with E-state index in [9.17, 15) is 9.59 Å². The van der Waals surface area contributed by atoms with E-state index < -0.39 is 0 Å². The van der Waals surface area contributed by atoms with Crippen LogP contribution >= 0.6 is 0 Å². The number of hydrogen-bond donors (Lipinski definition) is 0. The Bertz CT molecular complexity index is 1030. The minimum Gasteiger partial charge on any atom is -0.364 e. The molecule has 0 bridgehead atoms. The maximum absolute atomic E-state index is 13.5. The monoisotopic (exact) mass is 431 g/mol. The van der Waals surface area contributed by atoms with E-state index in [0.29, 0.717) is 17.8 Å². The summed E-state index contributed by atoms with van der Waals surface area (Å²) in [5.74, 6) is -0.0759.